The minimum atomic E-state index is -0.450. The molecule has 0 fully saturated rings. The van der Waals surface area contributed by atoms with Gasteiger partial charge in [-0.2, -0.15) is 0 Å². The number of benzene rings is 1. The fraction of sp³-hybridized carbons (Fsp3) is 0.154. The first-order valence-corrected chi connectivity index (χ1v) is 8.23. The van der Waals surface area contributed by atoms with E-state index in [1.54, 1.807) is 29.6 Å². The topological polar surface area (TPSA) is 81.5 Å². The Balaban J connectivity index is 1.94. The highest BCUT2D eigenvalue weighted by molar-refractivity contribution is 8.00. The zero-order chi connectivity index (χ0) is 16.1. The summed E-state index contributed by atoms with van der Waals surface area (Å²) < 4.78 is 5.03. The number of nitrogens with one attached hydrogen (secondary N) is 1. The van der Waals surface area contributed by atoms with Gasteiger partial charge in [0.05, 0.1) is 27.7 Å². The lowest BCUT2D eigenvalue weighted by molar-refractivity contribution is -0.382. The molecule has 0 unspecified atom stereocenters. The van der Waals surface area contributed by atoms with Crippen LogP contribution in [0.5, 0.6) is 5.75 Å². The molecule has 2 rings (SSSR count). The van der Waals surface area contributed by atoms with E-state index in [1.165, 1.54) is 7.11 Å². The summed E-state index contributed by atoms with van der Waals surface area (Å²) in [5, 5.41) is 15.5. The number of halogens is 1. The molecule has 9 heteroatoms. The number of thioether (sulfide) groups is 1. The van der Waals surface area contributed by atoms with Crippen LogP contribution in [0.2, 0.25) is 5.02 Å². The van der Waals surface area contributed by atoms with Crippen molar-refractivity contribution < 1.29 is 14.5 Å². The predicted octanol–water partition coefficient (Wildman–Crippen LogP) is 4.05. The fourth-order valence-electron chi connectivity index (χ4n) is 1.62. The zero-order valence-corrected chi connectivity index (χ0v) is 13.8. The minimum Gasteiger partial charge on any atom is -0.495 e. The number of nitro groups is 1. The van der Waals surface area contributed by atoms with Crippen LogP contribution < -0.4 is 10.1 Å². The molecule has 0 spiro atoms. The van der Waals surface area contributed by atoms with Crippen molar-refractivity contribution in [3.8, 4) is 5.75 Å². The summed E-state index contributed by atoms with van der Waals surface area (Å²) in [5.74, 6) is 0.316. The summed E-state index contributed by atoms with van der Waals surface area (Å²) in [7, 11) is 1.50. The van der Waals surface area contributed by atoms with Crippen molar-refractivity contribution in [2.75, 3.05) is 18.2 Å². The zero-order valence-electron chi connectivity index (χ0n) is 11.4. The quantitative estimate of drug-likeness (QED) is 0.478. The Morgan fingerprint density at radius 2 is 2.27 bits per heavy atom. The number of hydrogen-bond donors (Lipinski definition) is 1. The van der Waals surface area contributed by atoms with E-state index < -0.39 is 4.92 Å². The molecule has 0 saturated heterocycles. The third kappa shape index (κ3) is 4.12. The van der Waals surface area contributed by atoms with Gasteiger partial charge in [-0.05, 0) is 29.6 Å². The van der Waals surface area contributed by atoms with E-state index in [4.69, 9.17) is 16.3 Å². The molecule has 0 bridgehead atoms. The third-order valence-electron chi connectivity index (χ3n) is 2.57. The maximum absolute atomic E-state index is 11.9. The Morgan fingerprint density at radius 1 is 1.50 bits per heavy atom. The average Bonchev–Trinajstić information content (AvgIpc) is 2.94. The first-order chi connectivity index (χ1) is 10.5. The number of anilines is 1. The summed E-state index contributed by atoms with van der Waals surface area (Å²) >= 11 is 8.13. The van der Waals surface area contributed by atoms with Gasteiger partial charge in [0, 0.05) is 5.69 Å². The van der Waals surface area contributed by atoms with Gasteiger partial charge in [0.25, 0.3) is 0 Å². The molecule has 6 nitrogen and oxygen atoms in total. The Labute approximate surface area is 139 Å². The van der Waals surface area contributed by atoms with Crippen molar-refractivity contribution >= 4 is 51.3 Å². The molecule has 2 aromatic rings. The van der Waals surface area contributed by atoms with Crippen LogP contribution >= 0.6 is 34.7 Å². The van der Waals surface area contributed by atoms with Crippen molar-refractivity contribution in [3.63, 3.8) is 0 Å². The van der Waals surface area contributed by atoms with Crippen LogP contribution in [0.4, 0.5) is 10.7 Å². The van der Waals surface area contributed by atoms with Crippen molar-refractivity contribution in [1.82, 2.24) is 0 Å². The second kappa shape index (κ2) is 7.48. The second-order valence-electron chi connectivity index (χ2n) is 4.03. The van der Waals surface area contributed by atoms with Gasteiger partial charge in [0.2, 0.25) is 5.91 Å². The number of carbonyl (C=O) groups excluding carboxylic acids is 1. The number of amides is 1. The van der Waals surface area contributed by atoms with E-state index in [1.807, 2.05) is 0 Å². The first-order valence-electron chi connectivity index (χ1n) is 5.99. The van der Waals surface area contributed by atoms with Gasteiger partial charge in [-0.1, -0.05) is 22.9 Å². The maximum Gasteiger partial charge on any atom is 0.337 e. The molecule has 1 aromatic heterocycles. The van der Waals surface area contributed by atoms with Crippen LogP contribution in [-0.4, -0.2) is 23.7 Å². The monoisotopic (exact) mass is 358 g/mol. The van der Waals surface area contributed by atoms with Crippen LogP contribution in [0.3, 0.4) is 0 Å². The summed E-state index contributed by atoms with van der Waals surface area (Å²) in [6.07, 6.45) is 0. The van der Waals surface area contributed by atoms with E-state index in [0.29, 0.717) is 21.4 Å². The second-order valence-corrected chi connectivity index (χ2v) is 6.35. The Morgan fingerprint density at radius 3 is 2.91 bits per heavy atom. The average molecular weight is 359 g/mol. The summed E-state index contributed by atoms with van der Waals surface area (Å²) in [6.45, 7) is 0. The smallest absolute Gasteiger partial charge is 0.337 e. The van der Waals surface area contributed by atoms with Gasteiger partial charge in [-0.15, -0.1) is 11.8 Å². The highest BCUT2D eigenvalue weighted by atomic mass is 35.5. The molecule has 0 aliphatic heterocycles. The molecular weight excluding hydrogens is 348 g/mol. The summed E-state index contributed by atoms with van der Waals surface area (Å²) in [5.41, 5.74) is 0.538. The number of methoxy groups -OCH3 is 1. The van der Waals surface area contributed by atoms with Crippen LogP contribution in [0.1, 0.15) is 0 Å². The molecule has 0 aliphatic carbocycles. The molecule has 0 radical (unpaired) electrons. The van der Waals surface area contributed by atoms with E-state index >= 15 is 0 Å². The number of carbonyl (C=O) groups is 1. The van der Waals surface area contributed by atoms with Crippen molar-refractivity contribution in [2.24, 2.45) is 0 Å². The number of nitrogens with zero attached hydrogens (tertiary/aromatic N) is 1. The molecular formula is C13H11ClN2O4S2. The lowest BCUT2D eigenvalue weighted by Gasteiger charge is -2.07. The summed E-state index contributed by atoms with van der Waals surface area (Å²) in [6, 6.07) is 6.52. The highest BCUT2D eigenvalue weighted by Crippen LogP contribution is 2.34. The highest BCUT2D eigenvalue weighted by Gasteiger charge is 2.17. The van der Waals surface area contributed by atoms with E-state index in [9.17, 15) is 14.9 Å². The normalized spacial score (nSPS) is 10.3. The van der Waals surface area contributed by atoms with Crippen LogP contribution in [-0.2, 0) is 4.79 Å². The maximum atomic E-state index is 11.9. The van der Waals surface area contributed by atoms with Crippen LogP contribution in [0.25, 0.3) is 0 Å². The van der Waals surface area contributed by atoms with E-state index in [0.717, 1.165) is 23.1 Å². The number of thiophene rings is 1. The third-order valence-corrected chi connectivity index (χ3v) is 4.91. The lowest BCUT2D eigenvalue weighted by Crippen LogP contribution is -2.14. The van der Waals surface area contributed by atoms with E-state index in [2.05, 4.69) is 5.32 Å². The number of rotatable bonds is 6. The predicted molar refractivity (Wildman–Crippen MR) is 88.3 cm³/mol. The van der Waals surface area contributed by atoms with Gasteiger partial charge >= 0.3 is 5.00 Å². The molecule has 1 amide bonds. The number of ether oxygens (including phenoxy) is 1. The molecule has 1 aromatic carbocycles. The Bertz CT molecular complexity index is 705. The minimum absolute atomic E-state index is 0.0466. The molecule has 0 atom stereocenters. The Hall–Kier alpha value is -1.77. The molecule has 22 heavy (non-hydrogen) atoms. The van der Waals surface area contributed by atoms with Crippen molar-refractivity contribution in [2.45, 2.75) is 4.90 Å². The summed E-state index contributed by atoms with van der Waals surface area (Å²) in [4.78, 5) is 22.7. The molecule has 0 saturated carbocycles. The van der Waals surface area contributed by atoms with Crippen molar-refractivity contribution in [1.29, 1.82) is 0 Å². The van der Waals surface area contributed by atoms with Gasteiger partial charge in [0.1, 0.15) is 5.75 Å². The lowest BCUT2D eigenvalue weighted by atomic mass is 10.3. The molecule has 1 N–H and O–H groups in total. The Kier molecular flexibility index (Phi) is 5.64. The molecule has 1 heterocycles. The van der Waals surface area contributed by atoms with Gasteiger partial charge in [0.15, 0.2) is 0 Å². The van der Waals surface area contributed by atoms with Crippen molar-refractivity contribution in [3.05, 3.63) is 44.8 Å². The SMILES string of the molecule is COc1ccc(NC(=O)CSc2ccsc2[N+](=O)[O-])cc1Cl. The molecule has 0 aliphatic rings. The van der Waals surface area contributed by atoms with Gasteiger partial charge < -0.3 is 10.1 Å². The fourth-order valence-corrected chi connectivity index (χ4v) is 3.61. The van der Waals surface area contributed by atoms with Gasteiger partial charge in [-0.3, -0.25) is 14.9 Å². The van der Waals surface area contributed by atoms with E-state index in [-0.39, 0.29) is 16.7 Å². The van der Waals surface area contributed by atoms with Gasteiger partial charge in [-0.25, -0.2) is 0 Å². The van der Waals surface area contributed by atoms with Crippen LogP contribution in [0.15, 0.2) is 34.5 Å². The van der Waals surface area contributed by atoms with Crippen LogP contribution in [0, 0.1) is 10.1 Å². The molecule has 116 valence electrons. The number of hydrogen-bond acceptors (Lipinski definition) is 6. The standard InChI is InChI=1S/C13H11ClN2O4S2/c1-20-10-3-2-8(6-9(10)14)15-12(17)7-22-11-4-5-21-13(11)16(18)19/h2-6H,7H2,1H3,(H,15,17). The first kappa shape index (κ1) is 16.6. The largest absolute Gasteiger partial charge is 0.495 e.